The van der Waals surface area contributed by atoms with E-state index in [1.165, 1.54) is 96.3 Å². The molecule has 4 heteroatoms. The van der Waals surface area contributed by atoms with Crippen molar-refractivity contribution in [2.45, 2.75) is 142 Å². The van der Waals surface area contributed by atoms with E-state index in [0.29, 0.717) is 13.0 Å². The number of ether oxygens (including phenoxy) is 1. The van der Waals surface area contributed by atoms with E-state index in [1.54, 1.807) is 0 Å². The summed E-state index contributed by atoms with van der Waals surface area (Å²) in [6, 6.07) is 0. The maximum absolute atomic E-state index is 12.0. The second-order valence-electron chi connectivity index (χ2n) is 9.25. The first-order chi connectivity index (χ1) is 15.6. The van der Waals surface area contributed by atoms with E-state index >= 15 is 0 Å². The van der Waals surface area contributed by atoms with E-state index in [1.807, 2.05) is 6.92 Å². The highest BCUT2D eigenvalue weighted by Crippen LogP contribution is 2.18. The zero-order valence-electron chi connectivity index (χ0n) is 21.3. The molecule has 0 aromatic rings. The van der Waals surface area contributed by atoms with E-state index in [0.717, 1.165) is 19.3 Å². The fourth-order valence-corrected chi connectivity index (χ4v) is 4.00. The number of carboxylic acid groups (broad SMARTS) is 1. The van der Waals surface area contributed by atoms with Crippen LogP contribution in [0.3, 0.4) is 0 Å². The highest BCUT2D eigenvalue weighted by atomic mass is 16.5. The third-order valence-corrected chi connectivity index (χ3v) is 6.02. The molecule has 1 atom stereocenters. The molecule has 0 spiro atoms. The molecule has 0 heterocycles. The lowest BCUT2D eigenvalue weighted by molar-refractivity contribution is -0.153. The number of allylic oxidation sites excluding steroid dienone is 2. The Morgan fingerprint density at radius 1 is 0.688 bits per heavy atom. The second kappa shape index (κ2) is 24.3. The van der Waals surface area contributed by atoms with Crippen LogP contribution in [0.4, 0.5) is 0 Å². The molecule has 0 aliphatic heterocycles. The first kappa shape index (κ1) is 30.7. The first-order valence-electron chi connectivity index (χ1n) is 13.6. The number of aliphatic carboxylic acids is 1. The molecule has 0 aromatic heterocycles. The number of rotatable bonds is 24. The summed E-state index contributed by atoms with van der Waals surface area (Å²) in [6.07, 6.45) is 27.7. The molecule has 1 N–H and O–H groups in total. The van der Waals surface area contributed by atoms with Crippen LogP contribution in [0.2, 0.25) is 0 Å². The number of hydrogen-bond acceptors (Lipinski definition) is 3. The summed E-state index contributed by atoms with van der Waals surface area (Å²) in [4.78, 5) is 22.9. The molecule has 4 nitrogen and oxygen atoms in total. The number of carbonyl (C=O) groups is 2. The molecular weight excluding hydrogens is 400 g/mol. The molecule has 0 aliphatic carbocycles. The minimum absolute atomic E-state index is 0.114. The van der Waals surface area contributed by atoms with Crippen molar-refractivity contribution in [1.29, 1.82) is 0 Å². The highest BCUT2D eigenvalue weighted by molar-refractivity contribution is 5.79. The maximum Gasteiger partial charge on any atom is 0.309 e. The predicted octanol–water partition coefficient (Wildman–Crippen LogP) is 8.63. The van der Waals surface area contributed by atoms with Crippen LogP contribution in [0.15, 0.2) is 12.2 Å². The van der Waals surface area contributed by atoms with E-state index in [-0.39, 0.29) is 12.4 Å². The van der Waals surface area contributed by atoms with Crippen LogP contribution in [0.5, 0.6) is 0 Å². The minimum Gasteiger partial charge on any atom is -0.481 e. The summed E-state index contributed by atoms with van der Waals surface area (Å²) >= 11 is 0. The third kappa shape index (κ3) is 21.9. The van der Waals surface area contributed by atoms with Crippen molar-refractivity contribution in [3.05, 3.63) is 12.2 Å². The van der Waals surface area contributed by atoms with Gasteiger partial charge < -0.3 is 9.84 Å². The van der Waals surface area contributed by atoms with Crippen LogP contribution in [0, 0.1) is 5.92 Å². The van der Waals surface area contributed by atoms with Gasteiger partial charge in [0.2, 0.25) is 0 Å². The third-order valence-electron chi connectivity index (χ3n) is 6.02. The average Bonchev–Trinajstić information content (AvgIpc) is 2.77. The molecule has 0 bridgehead atoms. The number of esters is 1. The van der Waals surface area contributed by atoms with E-state index in [4.69, 9.17) is 9.84 Å². The summed E-state index contributed by atoms with van der Waals surface area (Å²) in [5.41, 5.74) is 0. The van der Waals surface area contributed by atoms with Crippen LogP contribution < -0.4 is 0 Å². The van der Waals surface area contributed by atoms with Gasteiger partial charge in [-0.2, -0.15) is 0 Å². The summed E-state index contributed by atoms with van der Waals surface area (Å²) in [7, 11) is 0. The minimum atomic E-state index is -0.920. The zero-order valence-corrected chi connectivity index (χ0v) is 21.3. The summed E-state index contributed by atoms with van der Waals surface area (Å²) in [5, 5.41) is 9.01. The van der Waals surface area contributed by atoms with Crippen LogP contribution in [-0.4, -0.2) is 23.7 Å². The van der Waals surface area contributed by atoms with Gasteiger partial charge in [-0.1, -0.05) is 109 Å². The lowest BCUT2D eigenvalue weighted by Crippen LogP contribution is -2.21. The standard InChI is InChI=1S/C28H52O4/c1-3-5-6-7-8-9-10-11-12-13-14-15-16-17-18-19-20-21-22-23-26(25-27(29)30)28(31)32-24-4-2/h11-12,26H,3-10,13-25H2,1-2H3,(H,29,30)/b12-11+. The van der Waals surface area contributed by atoms with Gasteiger partial charge in [-0.15, -0.1) is 0 Å². The quantitative estimate of drug-likeness (QED) is 0.0904. The molecule has 188 valence electrons. The Labute approximate surface area is 198 Å². The van der Waals surface area contributed by atoms with Crippen molar-refractivity contribution >= 4 is 11.9 Å². The molecule has 0 rings (SSSR count). The van der Waals surface area contributed by atoms with Gasteiger partial charge in [0.25, 0.3) is 0 Å². The Hall–Kier alpha value is -1.32. The van der Waals surface area contributed by atoms with Crippen molar-refractivity contribution in [3.8, 4) is 0 Å². The van der Waals surface area contributed by atoms with Gasteiger partial charge in [0.05, 0.1) is 18.9 Å². The monoisotopic (exact) mass is 452 g/mol. The zero-order chi connectivity index (χ0) is 23.7. The Morgan fingerprint density at radius 2 is 1.16 bits per heavy atom. The normalized spacial score (nSPS) is 12.3. The molecule has 0 aromatic carbocycles. The Morgan fingerprint density at radius 3 is 1.62 bits per heavy atom. The van der Waals surface area contributed by atoms with Crippen molar-refractivity contribution < 1.29 is 19.4 Å². The van der Waals surface area contributed by atoms with Gasteiger partial charge in [0, 0.05) is 0 Å². The smallest absolute Gasteiger partial charge is 0.309 e. The molecule has 32 heavy (non-hydrogen) atoms. The van der Waals surface area contributed by atoms with Crippen LogP contribution in [-0.2, 0) is 14.3 Å². The van der Waals surface area contributed by atoms with Crippen LogP contribution in [0.1, 0.15) is 142 Å². The molecule has 0 radical (unpaired) electrons. The number of carbonyl (C=O) groups excluding carboxylic acids is 1. The molecule has 0 saturated heterocycles. The van der Waals surface area contributed by atoms with Gasteiger partial charge in [-0.3, -0.25) is 9.59 Å². The Kier molecular flexibility index (Phi) is 23.3. The highest BCUT2D eigenvalue weighted by Gasteiger charge is 2.22. The molecule has 0 aliphatic rings. The molecule has 0 saturated carbocycles. The van der Waals surface area contributed by atoms with Crippen LogP contribution >= 0.6 is 0 Å². The van der Waals surface area contributed by atoms with E-state index in [9.17, 15) is 9.59 Å². The molecule has 1 unspecified atom stereocenters. The van der Waals surface area contributed by atoms with Crippen molar-refractivity contribution in [2.75, 3.05) is 6.61 Å². The summed E-state index contributed by atoms with van der Waals surface area (Å²) in [6.45, 7) is 4.59. The van der Waals surface area contributed by atoms with Crippen molar-refractivity contribution in [2.24, 2.45) is 5.92 Å². The second-order valence-corrected chi connectivity index (χ2v) is 9.25. The fourth-order valence-electron chi connectivity index (χ4n) is 4.00. The van der Waals surface area contributed by atoms with Gasteiger partial charge in [-0.25, -0.2) is 0 Å². The largest absolute Gasteiger partial charge is 0.481 e. The van der Waals surface area contributed by atoms with E-state index < -0.39 is 11.9 Å². The fraction of sp³-hybridized carbons (Fsp3) is 0.857. The van der Waals surface area contributed by atoms with Crippen molar-refractivity contribution in [3.63, 3.8) is 0 Å². The Balaban J connectivity index is 3.47. The first-order valence-corrected chi connectivity index (χ1v) is 13.6. The molecule has 0 fully saturated rings. The van der Waals surface area contributed by atoms with Gasteiger partial charge in [-0.05, 0) is 38.5 Å². The van der Waals surface area contributed by atoms with Gasteiger partial charge >= 0.3 is 11.9 Å². The molecule has 0 amide bonds. The average molecular weight is 453 g/mol. The number of unbranched alkanes of at least 4 members (excludes halogenated alkanes) is 15. The van der Waals surface area contributed by atoms with Gasteiger partial charge in [0.15, 0.2) is 0 Å². The maximum atomic E-state index is 12.0. The predicted molar refractivity (Wildman–Crippen MR) is 135 cm³/mol. The SMILES string of the molecule is CCCCCCCC/C=C/CCCCCCCCCCCC(CC(=O)O)C(=O)OCCC. The number of hydrogen-bond donors (Lipinski definition) is 1. The van der Waals surface area contributed by atoms with Crippen LogP contribution in [0.25, 0.3) is 0 Å². The lowest BCUT2D eigenvalue weighted by Gasteiger charge is -2.13. The lowest BCUT2D eigenvalue weighted by atomic mass is 9.97. The summed E-state index contributed by atoms with van der Waals surface area (Å²) < 4.78 is 5.14. The summed E-state index contributed by atoms with van der Waals surface area (Å²) in [5.74, 6) is -1.75. The molecular formula is C28H52O4. The van der Waals surface area contributed by atoms with Gasteiger partial charge in [0.1, 0.15) is 0 Å². The Bertz CT molecular complexity index is 458. The van der Waals surface area contributed by atoms with Crippen molar-refractivity contribution in [1.82, 2.24) is 0 Å². The van der Waals surface area contributed by atoms with E-state index in [2.05, 4.69) is 19.1 Å². The number of carboxylic acids is 1. The topological polar surface area (TPSA) is 63.6 Å².